The zero-order valence-corrected chi connectivity index (χ0v) is 58.4. The zero-order chi connectivity index (χ0) is 59.6. The molecule has 0 bridgehead atoms. The van der Waals surface area contributed by atoms with Crippen molar-refractivity contribution in [2.24, 2.45) is 0 Å². The normalized spacial score (nSPS) is 11.7. The second-order valence-electron chi connectivity index (χ2n) is 26.7. The van der Waals surface area contributed by atoms with E-state index in [1.807, 2.05) is 0 Å². The summed E-state index contributed by atoms with van der Waals surface area (Å²) in [5.74, 6) is 3.23. The van der Waals surface area contributed by atoms with Crippen LogP contribution in [-0.2, 0) is 42.2 Å². The molecule has 0 spiro atoms. The van der Waals surface area contributed by atoms with Crippen molar-refractivity contribution in [3.63, 3.8) is 0 Å². The summed E-state index contributed by atoms with van der Waals surface area (Å²) in [5, 5.41) is 0. The maximum absolute atomic E-state index is 10.3. The predicted octanol–water partition coefficient (Wildman–Crippen LogP) is 28.1. The smallest absolute Gasteiger partial charge is 0.303 e. The van der Waals surface area contributed by atoms with Crippen molar-refractivity contribution in [1.82, 2.24) is 0 Å². The van der Waals surface area contributed by atoms with Crippen molar-refractivity contribution in [2.45, 2.75) is 420 Å². The molecule has 2 nitrogen and oxygen atoms in total. The van der Waals surface area contributed by atoms with Crippen molar-refractivity contribution < 1.29 is 21.3 Å². The van der Waals surface area contributed by atoms with E-state index in [9.17, 15) is 5.53 Å². The van der Waals surface area contributed by atoms with Gasteiger partial charge < -0.3 is 5.53 Å². The van der Waals surface area contributed by atoms with E-state index in [-0.39, 0.29) is 16.5 Å². The van der Waals surface area contributed by atoms with Gasteiger partial charge in [0.2, 0.25) is 0 Å². The van der Waals surface area contributed by atoms with E-state index in [1.165, 1.54) is 366 Å². The number of allylic oxidation sites excluding steroid dienone is 2. The Bertz CT molecular complexity index is 1780. The average Bonchev–Trinajstić information content (AvgIpc) is 3.53. The molecule has 0 fully saturated rings. The molecule has 486 valence electrons. The van der Waals surface area contributed by atoms with Gasteiger partial charge in [0.1, 0.15) is 0 Å². The van der Waals surface area contributed by atoms with Crippen LogP contribution in [0.4, 0.5) is 0 Å². The number of hydrogen-bond acceptors (Lipinski definition) is 0. The van der Waals surface area contributed by atoms with E-state index in [0.717, 1.165) is 63.4 Å². The summed E-state index contributed by atoms with van der Waals surface area (Å²) in [7, 11) is 0. The standard InChI is InChI=1S/C81H142N2.Ni/c1-7-13-19-21-23-25-27-29-31-33-35-37-39-41-43-45-47-49-51-53-58-62-75-67-76(63-59-54-52-50-48-46-44-42-40-38-36-34-32-30-28-26-24-22-20-14-8-2)71-79(70-75)81(80(65-57-17-11-5)77(72-83-82)64-18-12-6)78-68-73(60-55-15-9-3)66-74(69-78)61-56-16-10-4;/h66-71H,7-65H2,1-6H3;. The fraction of sp³-hybridized carbons (Fsp3) is 0.802. The van der Waals surface area contributed by atoms with Crippen molar-refractivity contribution in [1.29, 1.82) is 0 Å². The Kier molecular flexibility index (Phi) is 58.1. The molecule has 0 unspecified atom stereocenters. The first kappa shape index (κ1) is 79.8. The van der Waals surface area contributed by atoms with Gasteiger partial charge in [-0.3, -0.25) is 0 Å². The fourth-order valence-corrected chi connectivity index (χ4v) is 13.3. The Morgan fingerprint density at radius 3 is 0.738 bits per heavy atom. The van der Waals surface area contributed by atoms with Gasteiger partial charge in [-0.25, -0.2) is 0 Å². The first-order chi connectivity index (χ1) is 41.0. The van der Waals surface area contributed by atoms with Crippen LogP contribution in [0.1, 0.15) is 428 Å². The van der Waals surface area contributed by atoms with E-state index in [1.54, 1.807) is 0 Å². The van der Waals surface area contributed by atoms with Gasteiger partial charge in [-0.15, -0.1) is 4.79 Å². The molecule has 0 N–H and O–H groups in total. The van der Waals surface area contributed by atoms with Crippen LogP contribution in [0.25, 0.3) is 11.1 Å². The second kappa shape index (κ2) is 61.1. The van der Waals surface area contributed by atoms with Gasteiger partial charge in [0.25, 0.3) is 0 Å². The van der Waals surface area contributed by atoms with E-state index in [4.69, 9.17) is 0 Å². The Labute approximate surface area is 536 Å². The summed E-state index contributed by atoms with van der Waals surface area (Å²) in [6.45, 7) is 13.9. The van der Waals surface area contributed by atoms with Gasteiger partial charge in [0.15, 0.2) is 0 Å². The third-order valence-corrected chi connectivity index (χ3v) is 18.6. The van der Waals surface area contributed by atoms with Crippen LogP contribution in [-0.4, -0.2) is 10.7 Å². The molecule has 0 atom stereocenters. The molecular formula is C81H142N2Ni. The van der Waals surface area contributed by atoms with Gasteiger partial charge in [0, 0.05) is 16.5 Å². The summed E-state index contributed by atoms with van der Waals surface area (Å²) < 4.78 is 0. The molecule has 3 heteroatoms. The van der Waals surface area contributed by atoms with Gasteiger partial charge in [-0.05, 0) is 122 Å². The molecule has 0 heterocycles. The minimum Gasteiger partial charge on any atom is -0.348 e. The average molecular weight is 1200 g/mol. The summed E-state index contributed by atoms with van der Waals surface area (Å²) in [6.07, 6.45) is 79.6. The van der Waals surface area contributed by atoms with Gasteiger partial charge in [-0.2, -0.15) is 0 Å². The van der Waals surface area contributed by atoms with E-state index < -0.39 is 0 Å². The van der Waals surface area contributed by atoms with Crippen molar-refractivity contribution in [3.8, 4) is 0 Å². The third kappa shape index (κ3) is 44.3. The summed E-state index contributed by atoms with van der Waals surface area (Å²) >= 11 is 0. The third-order valence-electron chi connectivity index (χ3n) is 18.6. The van der Waals surface area contributed by atoms with Crippen LogP contribution in [0.15, 0.2) is 47.5 Å². The fourth-order valence-electron chi connectivity index (χ4n) is 13.3. The number of nitrogens with zero attached hydrogens (tertiary/aromatic N) is 2. The monoisotopic (exact) mass is 1200 g/mol. The Balaban J connectivity index is 0.0000353. The largest absolute Gasteiger partial charge is 0.348 e. The van der Waals surface area contributed by atoms with Crippen molar-refractivity contribution >= 4 is 11.4 Å². The molecule has 0 aliphatic carbocycles. The maximum atomic E-state index is 10.3. The molecule has 0 amide bonds. The first-order valence-corrected chi connectivity index (χ1v) is 38.0. The predicted molar refractivity (Wildman–Crippen MR) is 374 cm³/mol. The Hall–Kier alpha value is -2.17. The minimum absolute atomic E-state index is 0. The van der Waals surface area contributed by atoms with E-state index in [0.29, 0.717) is 0 Å². The SMILES string of the molecule is CCCCCCCCCCCCCCCCCCCCCCCc1cc(CCCCCCCCCCCCCCCCCCCCCCC)cc(C(=C(CCCCC)C(=C=[N+]=[N-])CCCC)c2cc(CCCCC)cc(CCCCC)c2)c1.[Ni]. The maximum Gasteiger partial charge on any atom is 0.303 e. The molecule has 2 rings (SSSR count). The second-order valence-corrected chi connectivity index (χ2v) is 26.7. The van der Waals surface area contributed by atoms with Gasteiger partial charge in [0.05, 0.1) is 5.57 Å². The number of benzene rings is 2. The summed E-state index contributed by atoms with van der Waals surface area (Å²) in [5.41, 5.74) is 23.0. The van der Waals surface area contributed by atoms with Gasteiger partial charge >= 0.3 is 5.87 Å². The molecule has 0 aliphatic rings. The molecule has 0 aromatic heterocycles. The van der Waals surface area contributed by atoms with Crippen LogP contribution >= 0.6 is 0 Å². The molecule has 0 radical (unpaired) electrons. The molecule has 84 heavy (non-hydrogen) atoms. The topological polar surface area (TPSA) is 36.4 Å². The Morgan fingerprint density at radius 1 is 0.274 bits per heavy atom. The van der Waals surface area contributed by atoms with Crippen LogP contribution in [0, 0.1) is 0 Å². The summed E-state index contributed by atoms with van der Waals surface area (Å²) in [6, 6.07) is 15.5. The van der Waals surface area contributed by atoms with Crippen LogP contribution in [0.3, 0.4) is 0 Å². The number of aryl methyl sites for hydroxylation is 4. The van der Waals surface area contributed by atoms with E-state index >= 15 is 0 Å². The van der Waals surface area contributed by atoms with Crippen molar-refractivity contribution in [2.75, 3.05) is 0 Å². The van der Waals surface area contributed by atoms with Crippen molar-refractivity contribution in [3.05, 3.63) is 86.5 Å². The molecule has 0 aliphatic heterocycles. The Morgan fingerprint density at radius 2 is 0.488 bits per heavy atom. The first-order valence-electron chi connectivity index (χ1n) is 38.0. The number of rotatable bonds is 62. The zero-order valence-electron chi connectivity index (χ0n) is 57.4. The number of unbranched alkanes of at least 4 members (excludes halogenated alkanes) is 47. The molecule has 0 saturated heterocycles. The quantitative estimate of drug-likeness (QED) is 0.0158. The number of hydrogen-bond donors (Lipinski definition) is 0. The molecular weight excluding hydrogens is 1060 g/mol. The van der Waals surface area contributed by atoms with Gasteiger partial charge in [-0.1, -0.05) is 380 Å². The molecule has 2 aromatic rings. The van der Waals surface area contributed by atoms with Crippen LogP contribution in [0.2, 0.25) is 0 Å². The summed E-state index contributed by atoms with van der Waals surface area (Å²) in [4.78, 5) is 3.69. The van der Waals surface area contributed by atoms with Crippen LogP contribution in [0.5, 0.6) is 0 Å². The molecule has 0 saturated carbocycles. The van der Waals surface area contributed by atoms with E-state index in [2.05, 4.69) is 88.6 Å². The van der Waals surface area contributed by atoms with Crippen LogP contribution < -0.4 is 0 Å². The minimum atomic E-state index is 0. The molecule has 2 aromatic carbocycles.